The molecule has 0 aliphatic carbocycles. The van der Waals surface area contributed by atoms with Gasteiger partial charge in [-0.2, -0.15) is 0 Å². The molecule has 2 aromatic rings. The number of hydrogen-bond acceptors (Lipinski definition) is 2. The molecule has 0 aliphatic heterocycles. The highest BCUT2D eigenvalue weighted by Crippen LogP contribution is 2.30. The first-order valence-corrected chi connectivity index (χ1v) is 7.99. The van der Waals surface area contributed by atoms with Gasteiger partial charge in [0, 0.05) is 21.3 Å². The van der Waals surface area contributed by atoms with E-state index in [0.29, 0.717) is 16.8 Å². The van der Waals surface area contributed by atoms with Crippen LogP contribution in [0.2, 0.25) is 0 Å². The Kier molecular flexibility index (Phi) is 4.90. The first-order valence-electron chi connectivity index (χ1n) is 7.20. The summed E-state index contributed by atoms with van der Waals surface area (Å²) in [6.07, 6.45) is 0. The van der Waals surface area contributed by atoms with E-state index in [-0.39, 0.29) is 11.3 Å². The van der Waals surface area contributed by atoms with Crippen molar-refractivity contribution < 1.29 is 9.59 Å². The molecule has 2 amide bonds. The van der Waals surface area contributed by atoms with Crippen LogP contribution < -0.4 is 11.1 Å². The Morgan fingerprint density at radius 3 is 2.04 bits per heavy atom. The number of rotatable bonds is 3. The summed E-state index contributed by atoms with van der Waals surface area (Å²) < 4.78 is 0.904. The van der Waals surface area contributed by atoms with Gasteiger partial charge in [0.2, 0.25) is 5.91 Å². The van der Waals surface area contributed by atoms with Crippen molar-refractivity contribution in [3.63, 3.8) is 0 Å². The van der Waals surface area contributed by atoms with Crippen LogP contribution in [0.5, 0.6) is 0 Å². The number of carbonyl (C=O) groups excluding carboxylic acids is 2. The molecule has 23 heavy (non-hydrogen) atoms. The monoisotopic (exact) mass is 374 g/mol. The first-order chi connectivity index (χ1) is 10.7. The fourth-order valence-corrected chi connectivity index (χ4v) is 3.16. The summed E-state index contributed by atoms with van der Waals surface area (Å²) >= 11 is 3.53. The summed E-state index contributed by atoms with van der Waals surface area (Å²) in [7, 11) is 0. The summed E-state index contributed by atoms with van der Waals surface area (Å²) in [5.74, 6) is -0.706. The number of amides is 2. The van der Waals surface area contributed by atoms with Gasteiger partial charge in [-0.3, -0.25) is 9.59 Å². The van der Waals surface area contributed by atoms with Crippen LogP contribution in [0, 0.1) is 0 Å². The molecule has 2 aromatic carbocycles. The molecule has 2 rings (SSSR count). The molecule has 0 saturated carbocycles. The van der Waals surface area contributed by atoms with Crippen molar-refractivity contribution in [2.75, 3.05) is 5.32 Å². The van der Waals surface area contributed by atoms with Crippen LogP contribution in [0.25, 0.3) is 0 Å². The SMILES string of the molecule is CC(C)(C)c1ccc(C(=O)Nc2ccc(C(N)=O)cc2)cc1Br. The first kappa shape index (κ1) is 17.2. The molecule has 0 unspecified atom stereocenters. The molecule has 0 heterocycles. The lowest BCUT2D eigenvalue weighted by molar-refractivity contribution is 0.0998. The fraction of sp³-hybridized carbons (Fsp3) is 0.222. The number of benzene rings is 2. The molecular formula is C18H19BrN2O2. The minimum absolute atomic E-state index is 0.00156. The van der Waals surface area contributed by atoms with Crippen LogP contribution in [-0.4, -0.2) is 11.8 Å². The lowest BCUT2D eigenvalue weighted by Gasteiger charge is -2.21. The van der Waals surface area contributed by atoms with Crippen molar-refractivity contribution in [1.82, 2.24) is 0 Å². The van der Waals surface area contributed by atoms with Gasteiger partial charge in [0.15, 0.2) is 0 Å². The lowest BCUT2D eigenvalue weighted by Crippen LogP contribution is -2.15. The second-order valence-corrected chi connectivity index (χ2v) is 7.19. The number of nitrogens with one attached hydrogen (secondary N) is 1. The molecule has 0 aliphatic rings. The average Bonchev–Trinajstić information content (AvgIpc) is 2.46. The number of hydrogen-bond donors (Lipinski definition) is 2. The van der Waals surface area contributed by atoms with Gasteiger partial charge in [0.05, 0.1) is 0 Å². The third kappa shape index (κ3) is 4.20. The van der Waals surface area contributed by atoms with E-state index in [2.05, 4.69) is 42.0 Å². The van der Waals surface area contributed by atoms with Gasteiger partial charge in [-0.25, -0.2) is 0 Å². The molecule has 3 N–H and O–H groups in total. The average molecular weight is 375 g/mol. The van der Waals surface area contributed by atoms with E-state index in [1.54, 1.807) is 30.3 Å². The quantitative estimate of drug-likeness (QED) is 0.848. The Labute approximate surface area is 144 Å². The Morgan fingerprint density at radius 1 is 1.00 bits per heavy atom. The van der Waals surface area contributed by atoms with Gasteiger partial charge in [-0.1, -0.05) is 42.8 Å². The van der Waals surface area contributed by atoms with Crippen LogP contribution in [-0.2, 0) is 5.41 Å². The van der Waals surface area contributed by atoms with Crippen molar-refractivity contribution in [3.05, 3.63) is 63.6 Å². The van der Waals surface area contributed by atoms with Crippen LogP contribution in [0.15, 0.2) is 46.9 Å². The normalized spacial score (nSPS) is 11.1. The van der Waals surface area contributed by atoms with E-state index in [1.165, 1.54) is 0 Å². The highest BCUT2D eigenvalue weighted by atomic mass is 79.9. The van der Waals surface area contributed by atoms with Crippen LogP contribution in [0.1, 0.15) is 47.1 Å². The van der Waals surface area contributed by atoms with Gasteiger partial charge in [0.1, 0.15) is 0 Å². The van der Waals surface area contributed by atoms with Gasteiger partial charge in [0.25, 0.3) is 5.91 Å². The molecule has 0 aromatic heterocycles. The largest absolute Gasteiger partial charge is 0.366 e. The predicted molar refractivity (Wildman–Crippen MR) is 95.8 cm³/mol. The zero-order valence-electron chi connectivity index (χ0n) is 13.3. The zero-order valence-corrected chi connectivity index (χ0v) is 14.9. The summed E-state index contributed by atoms with van der Waals surface area (Å²) in [5.41, 5.74) is 7.90. The third-order valence-corrected chi connectivity index (χ3v) is 4.12. The van der Waals surface area contributed by atoms with Crippen molar-refractivity contribution in [2.45, 2.75) is 26.2 Å². The molecule has 120 valence electrons. The van der Waals surface area contributed by atoms with Crippen LogP contribution in [0.4, 0.5) is 5.69 Å². The van der Waals surface area contributed by atoms with Gasteiger partial charge in [-0.15, -0.1) is 0 Å². The summed E-state index contributed by atoms with van der Waals surface area (Å²) in [6, 6.07) is 12.0. The topological polar surface area (TPSA) is 72.2 Å². The van der Waals surface area contributed by atoms with E-state index in [0.717, 1.165) is 10.0 Å². The third-order valence-electron chi connectivity index (χ3n) is 3.47. The Balaban J connectivity index is 2.18. The van der Waals surface area contributed by atoms with E-state index in [9.17, 15) is 9.59 Å². The number of anilines is 1. The molecule has 0 bridgehead atoms. The maximum atomic E-state index is 12.3. The lowest BCUT2D eigenvalue weighted by atomic mass is 9.86. The number of primary amides is 1. The molecule has 0 spiro atoms. The number of carbonyl (C=O) groups is 2. The highest BCUT2D eigenvalue weighted by molar-refractivity contribution is 9.10. The maximum absolute atomic E-state index is 12.3. The molecule has 4 nitrogen and oxygen atoms in total. The molecule has 0 radical (unpaired) electrons. The molecular weight excluding hydrogens is 356 g/mol. The smallest absolute Gasteiger partial charge is 0.255 e. The van der Waals surface area contributed by atoms with Crippen molar-refractivity contribution in [1.29, 1.82) is 0 Å². The van der Waals surface area contributed by atoms with E-state index >= 15 is 0 Å². The van der Waals surface area contributed by atoms with Gasteiger partial charge < -0.3 is 11.1 Å². The minimum Gasteiger partial charge on any atom is -0.366 e. The molecule has 0 fully saturated rings. The zero-order chi connectivity index (χ0) is 17.2. The predicted octanol–water partition coefficient (Wildman–Crippen LogP) is 4.10. The minimum atomic E-state index is -0.496. The van der Waals surface area contributed by atoms with Crippen molar-refractivity contribution >= 4 is 33.4 Å². The Bertz CT molecular complexity index is 747. The second kappa shape index (κ2) is 6.54. The number of halogens is 1. The Hall–Kier alpha value is -2.14. The summed E-state index contributed by atoms with van der Waals surface area (Å²) in [5, 5.41) is 2.80. The van der Waals surface area contributed by atoms with E-state index in [4.69, 9.17) is 5.73 Å². The molecule has 0 atom stereocenters. The van der Waals surface area contributed by atoms with Crippen LogP contribution in [0.3, 0.4) is 0 Å². The summed E-state index contributed by atoms with van der Waals surface area (Å²) in [4.78, 5) is 23.4. The standard InChI is InChI=1S/C18H19BrN2O2/c1-18(2,3)14-9-6-12(10-15(14)19)17(23)21-13-7-4-11(5-8-13)16(20)22/h4-10H,1-3H3,(H2,20,22)(H,21,23). The van der Waals surface area contributed by atoms with Gasteiger partial charge >= 0.3 is 0 Å². The molecule has 5 heteroatoms. The second-order valence-electron chi connectivity index (χ2n) is 6.34. The fourth-order valence-electron chi connectivity index (χ4n) is 2.19. The Morgan fingerprint density at radius 2 is 1.57 bits per heavy atom. The maximum Gasteiger partial charge on any atom is 0.255 e. The number of nitrogens with two attached hydrogens (primary N) is 1. The van der Waals surface area contributed by atoms with E-state index in [1.807, 2.05) is 12.1 Å². The van der Waals surface area contributed by atoms with Crippen LogP contribution >= 0.6 is 15.9 Å². The summed E-state index contributed by atoms with van der Waals surface area (Å²) in [6.45, 7) is 6.35. The van der Waals surface area contributed by atoms with Crippen molar-refractivity contribution in [2.24, 2.45) is 5.73 Å². The van der Waals surface area contributed by atoms with E-state index < -0.39 is 5.91 Å². The highest BCUT2D eigenvalue weighted by Gasteiger charge is 2.18. The van der Waals surface area contributed by atoms with Gasteiger partial charge in [-0.05, 0) is 47.4 Å². The molecule has 0 saturated heterocycles. The van der Waals surface area contributed by atoms with Crippen molar-refractivity contribution in [3.8, 4) is 0 Å².